The molecule has 8 heteroatoms. The van der Waals surface area contributed by atoms with E-state index < -0.39 is 6.09 Å². The fourth-order valence-electron chi connectivity index (χ4n) is 4.01. The van der Waals surface area contributed by atoms with Crippen LogP contribution in [0.3, 0.4) is 0 Å². The molecule has 2 heterocycles. The summed E-state index contributed by atoms with van der Waals surface area (Å²) >= 11 is 1.34. The Morgan fingerprint density at radius 3 is 2.47 bits per heavy atom. The number of hydrogen-bond acceptors (Lipinski definition) is 6. The lowest BCUT2D eigenvalue weighted by Gasteiger charge is -2.20. The second-order valence-electron chi connectivity index (χ2n) is 8.89. The van der Waals surface area contributed by atoms with Crippen LogP contribution in [0, 0.1) is 0 Å². The highest BCUT2D eigenvalue weighted by atomic mass is 32.2. The van der Waals surface area contributed by atoms with E-state index in [9.17, 15) is 9.59 Å². The third kappa shape index (κ3) is 4.24. The van der Waals surface area contributed by atoms with Gasteiger partial charge < -0.3 is 4.74 Å². The number of carbonyl (C=O) groups is 2. The fraction of sp³-hybridized carbons (Fsp3) is 0.545. The van der Waals surface area contributed by atoms with Crippen molar-refractivity contribution in [2.75, 3.05) is 18.9 Å². The average molecular weight is 429 g/mol. The predicted molar refractivity (Wildman–Crippen MR) is 115 cm³/mol. The highest BCUT2D eigenvalue weighted by Gasteiger charge is 2.30. The second kappa shape index (κ2) is 8.41. The van der Waals surface area contributed by atoms with Gasteiger partial charge in [0.15, 0.2) is 11.0 Å². The van der Waals surface area contributed by atoms with Gasteiger partial charge >= 0.3 is 6.09 Å². The molecule has 0 atom stereocenters. The van der Waals surface area contributed by atoms with Crippen LogP contribution < -0.4 is 0 Å². The smallest absolute Gasteiger partial charge is 0.416 e. The van der Waals surface area contributed by atoms with Gasteiger partial charge in [0.1, 0.15) is 6.61 Å². The van der Waals surface area contributed by atoms with Crippen molar-refractivity contribution in [3.63, 3.8) is 0 Å². The van der Waals surface area contributed by atoms with E-state index in [1.165, 1.54) is 30.2 Å². The van der Waals surface area contributed by atoms with E-state index >= 15 is 0 Å². The van der Waals surface area contributed by atoms with Gasteiger partial charge in [-0.2, -0.15) is 0 Å². The Kier molecular flexibility index (Phi) is 5.86. The van der Waals surface area contributed by atoms with Gasteiger partial charge in [-0.15, -0.1) is 10.2 Å². The molecule has 0 N–H and O–H groups in total. The number of benzene rings is 1. The molecule has 1 saturated heterocycles. The Balaban J connectivity index is 1.58. The molecule has 2 fully saturated rings. The number of thioether (sulfide) groups is 1. The summed E-state index contributed by atoms with van der Waals surface area (Å²) in [6.45, 7) is 7.18. The normalized spacial score (nSPS) is 17.6. The van der Waals surface area contributed by atoms with Crippen molar-refractivity contribution < 1.29 is 14.3 Å². The Labute approximate surface area is 181 Å². The van der Waals surface area contributed by atoms with Crippen molar-refractivity contribution >= 4 is 23.8 Å². The summed E-state index contributed by atoms with van der Waals surface area (Å²) in [5.41, 5.74) is 2.40. The minimum Gasteiger partial charge on any atom is -0.447 e. The van der Waals surface area contributed by atoms with Gasteiger partial charge in [-0.25, -0.2) is 9.69 Å². The van der Waals surface area contributed by atoms with E-state index in [4.69, 9.17) is 4.74 Å². The Bertz CT molecular complexity index is 927. The van der Waals surface area contributed by atoms with Crippen LogP contribution in [-0.4, -0.2) is 50.6 Å². The zero-order valence-electron chi connectivity index (χ0n) is 17.8. The third-order valence-electron chi connectivity index (χ3n) is 5.75. The van der Waals surface area contributed by atoms with Crippen LogP contribution >= 0.6 is 11.8 Å². The van der Waals surface area contributed by atoms with Gasteiger partial charge in [-0.3, -0.25) is 9.36 Å². The van der Waals surface area contributed by atoms with Gasteiger partial charge in [0.2, 0.25) is 5.91 Å². The van der Waals surface area contributed by atoms with E-state index in [2.05, 4.69) is 59.8 Å². The van der Waals surface area contributed by atoms with Crippen LogP contribution in [0.4, 0.5) is 4.79 Å². The van der Waals surface area contributed by atoms with Gasteiger partial charge in [0.25, 0.3) is 0 Å². The molecular weight excluding hydrogens is 400 g/mol. The molecule has 4 rings (SSSR count). The topological polar surface area (TPSA) is 77.3 Å². The first-order valence-electron chi connectivity index (χ1n) is 10.5. The lowest BCUT2D eigenvalue weighted by molar-refractivity contribution is -0.125. The first-order chi connectivity index (χ1) is 14.3. The van der Waals surface area contributed by atoms with Gasteiger partial charge in [0, 0.05) is 11.6 Å². The molecule has 7 nitrogen and oxygen atoms in total. The summed E-state index contributed by atoms with van der Waals surface area (Å²) < 4.78 is 7.06. The van der Waals surface area contributed by atoms with Crippen molar-refractivity contribution in [2.24, 2.45) is 0 Å². The van der Waals surface area contributed by atoms with Crippen LogP contribution in [0.25, 0.3) is 11.4 Å². The summed E-state index contributed by atoms with van der Waals surface area (Å²) in [7, 11) is 0. The van der Waals surface area contributed by atoms with E-state index in [1.807, 2.05) is 0 Å². The van der Waals surface area contributed by atoms with Crippen molar-refractivity contribution in [3.05, 3.63) is 29.8 Å². The van der Waals surface area contributed by atoms with Gasteiger partial charge in [-0.1, -0.05) is 69.6 Å². The number of aromatic nitrogens is 3. The molecule has 0 radical (unpaired) electrons. The Morgan fingerprint density at radius 2 is 1.87 bits per heavy atom. The van der Waals surface area contributed by atoms with E-state index in [-0.39, 0.29) is 23.7 Å². The summed E-state index contributed by atoms with van der Waals surface area (Å²) in [6.07, 6.45) is 4.00. The first-order valence-corrected chi connectivity index (χ1v) is 11.5. The van der Waals surface area contributed by atoms with E-state index in [1.54, 1.807) is 0 Å². The van der Waals surface area contributed by atoms with Crippen LogP contribution in [0.1, 0.15) is 58.1 Å². The van der Waals surface area contributed by atoms with Crippen molar-refractivity contribution in [1.82, 2.24) is 19.7 Å². The molecular formula is C22H28N4O3S. The maximum atomic E-state index is 12.4. The standard InChI is InChI=1S/C22H28N4O3S/c1-22(2,3)16-10-8-15(9-11-16)19-23-24-20(26(19)17-6-4-5-7-17)30-14-18(27)25-12-13-29-21(25)28/h8-11,17H,4-7,12-14H2,1-3H3. The maximum absolute atomic E-state index is 12.4. The number of hydrogen-bond donors (Lipinski definition) is 0. The molecule has 0 bridgehead atoms. The number of ether oxygens (including phenoxy) is 1. The zero-order chi connectivity index (χ0) is 21.3. The highest BCUT2D eigenvalue weighted by Crippen LogP contribution is 2.37. The molecule has 1 aliphatic heterocycles. The zero-order valence-corrected chi connectivity index (χ0v) is 18.6. The van der Waals surface area contributed by atoms with E-state index in [0.717, 1.165) is 34.3 Å². The van der Waals surface area contributed by atoms with Crippen LogP contribution in [0.15, 0.2) is 29.4 Å². The molecule has 1 aromatic heterocycles. The molecule has 2 aliphatic rings. The minimum absolute atomic E-state index is 0.0930. The Hall–Kier alpha value is -2.35. The van der Waals surface area contributed by atoms with Crippen molar-refractivity contribution in [2.45, 2.75) is 63.1 Å². The number of nitrogens with zero attached hydrogens (tertiary/aromatic N) is 4. The van der Waals surface area contributed by atoms with E-state index in [0.29, 0.717) is 12.6 Å². The minimum atomic E-state index is -0.558. The number of amides is 2. The molecule has 1 aliphatic carbocycles. The highest BCUT2D eigenvalue weighted by molar-refractivity contribution is 7.99. The quantitative estimate of drug-likeness (QED) is 0.656. The first kappa shape index (κ1) is 20.9. The number of imide groups is 1. The molecule has 0 spiro atoms. The van der Waals surface area contributed by atoms with Gasteiger partial charge in [0.05, 0.1) is 12.3 Å². The molecule has 160 valence electrons. The molecule has 1 aromatic carbocycles. The van der Waals surface area contributed by atoms with Crippen LogP contribution in [0.5, 0.6) is 0 Å². The molecule has 1 saturated carbocycles. The fourth-order valence-corrected chi connectivity index (χ4v) is 4.89. The summed E-state index contributed by atoms with van der Waals surface area (Å²) in [5, 5.41) is 9.64. The molecule has 30 heavy (non-hydrogen) atoms. The lowest BCUT2D eigenvalue weighted by Crippen LogP contribution is -2.33. The van der Waals surface area contributed by atoms with Gasteiger partial charge in [-0.05, 0) is 23.8 Å². The molecule has 0 unspecified atom stereocenters. The summed E-state index contributed by atoms with van der Waals surface area (Å²) in [4.78, 5) is 25.2. The van der Waals surface area contributed by atoms with Crippen LogP contribution in [0.2, 0.25) is 0 Å². The molecule has 2 amide bonds. The number of rotatable bonds is 5. The Morgan fingerprint density at radius 1 is 1.17 bits per heavy atom. The lowest BCUT2D eigenvalue weighted by atomic mass is 9.86. The third-order valence-corrected chi connectivity index (χ3v) is 6.68. The van der Waals surface area contributed by atoms with Crippen LogP contribution in [-0.2, 0) is 14.9 Å². The average Bonchev–Trinajstić information content (AvgIpc) is 3.45. The number of carbonyl (C=O) groups excluding carboxylic acids is 2. The summed E-state index contributed by atoms with van der Waals surface area (Å²) in [5.74, 6) is 0.737. The van der Waals surface area contributed by atoms with Crippen molar-refractivity contribution in [1.29, 1.82) is 0 Å². The SMILES string of the molecule is CC(C)(C)c1ccc(-c2nnc(SCC(=O)N3CCOC3=O)n2C2CCCC2)cc1. The number of cyclic esters (lactones) is 1. The predicted octanol–water partition coefficient (Wildman–Crippen LogP) is 4.43. The largest absolute Gasteiger partial charge is 0.447 e. The van der Waals surface area contributed by atoms with Crippen molar-refractivity contribution in [3.8, 4) is 11.4 Å². The monoisotopic (exact) mass is 428 g/mol. The summed E-state index contributed by atoms with van der Waals surface area (Å²) in [6, 6.07) is 8.86. The second-order valence-corrected chi connectivity index (χ2v) is 9.83. The maximum Gasteiger partial charge on any atom is 0.416 e. The molecule has 2 aromatic rings.